The molecule has 0 bridgehead atoms. The van der Waals surface area contributed by atoms with E-state index >= 15 is 0 Å². The zero-order valence-electron chi connectivity index (χ0n) is 9.73. The number of carbonyl (C=O) groups is 1. The first-order chi connectivity index (χ1) is 8.79. The van der Waals surface area contributed by atoms with Crippen LogP contribution in [-0.4, -0.2) is 21.0 Å². The van der Waals surface area contributed by atoms with E-state index in [0.717, 1.165) is 25.0 Å². The number of halogens is 2. The lowest BCUT2D eigenvalue weighted by Gasteiger charge is -2.08. The number of hydrogen-bond acceptors (Lipinski definition) is 4. The molecule has 1 aliphatic rings. The van der Waals surface area contributed by atoms with Crippen LogP contribution in [0.15, 0.2) is 17.0 Å². The van der Waals surface area contributed by atoms with Crippen molar-refractivity contribution in [3.63, 3.8) is 0 Å². The van der Waals surface area contributed by atoms with Crippen molar-refractivity contribution in [3.05, 3.63) is 27.7 Å². The highest BCUT2D eigenvalue weighted by Crippen LogP contribution is 2.32. The van der Waals surface area contributed by atoms with E-state index in [1.807, 2.05) is 0 Å². The van der Waals surface area contributed by atoms with E-state index in [2.05, 4.69) is 0 Å². The molecule has 0 unspecified atom stereocenters. The molecular weight excluding hydrogens is 313 g/mol. The van der Waals surface area contributed by atoms with Crippen molar-refractivity contribution in [2.45, 2.75) is 17.7 Å². The first-order valence-corrected chi connectivity index (χ1v) is 7.78. The number of nitrogens with two attached hydrogens (primary N) is 1. The van der Waals surface area contributed by atoms with E-state index in [1.54, 1.807) is 0 Å². The van der Waals surface area contributed by atoms with Gasteiger partial charge in [0.05, 0.1) is 27.1 Å². The van der Waals surface area contributed by atoms with Crippen LogP contribution in [0.25, 0.3) is 0 Å². The fourth-order valence-electron chi connectivity index (χ4n) is 1.43. The Kier molecular flexibility index (Phi) is 4.06. The monoisotopic (exact) mass is 323 g/mol. The van der Waals surface area contributed by atoms with Gasteiger partial charge in [-0.15, -0.1) is 0 Å². The highest BCUT2D eigenvalue weighted by Gasteiger charge is 2.25. The molecule has 19 heavy (non-hydrogen) atoms. The molecule has 2 N–H and O–H groups in total. The Labute approximate surface area is 120 Å². The molecule has 2 rings (SSSR count). The molecular formula is C11H11Cl2NO4S. The van der Waals surface area contributed by atoms with Crippen LogP contribution < -0.4 is 5.14 Å². The molecule has 0 amide bonds. The predicted octanol–water partition coefficient (Wildman–Crippen LogP) is 2.21. The van der Waals surface area contributed by atoms with Gasteiger partial charge in [-0.05, 0) is 30.9 Å². The molecule has 1 fully saturated rings. The number of ether oxygens (including phenoxy) is 1. The number of benzene rings is 1. The minimum atomic E-state index is -3.97. The fraction of sp³-hybridized carbons (Fsp3) is 0.364. The van der Waals surface area contributed by atoms with Gasteiger partial charge in [0, 0.05) is 0 Å². The second-order valence-corrected chi connectivity index (χ2v) is 6.70. The van der Waals surface area contributed by atoms with Gasteiger partial charge in [0.25, 0.3) is 0 Å². The molecule has 104 valence electrons. The highest BCUT2D eigenvalue weighted by molar-refractivity contribution is 7.89. The minimum Gasteiger partial charge on any atom is -0.462 e. The van der Waals surface area contributed by atoms with Crippen LogP contribution in [0, 0.1) is 5.92 Å². The van der Waals surface area contributed by atoms with Gasteiger partial charge >= 0.3 is 5.97 Å². The Bertz CT molecular complexity index is 626. The van der Waals surface area contributed by atoms with Crippen LogP contribution in [0.4, 0.5) is 0 Å². The first-order valence-electron chi connectivity index (χ1n) is 5.48. The molecule has 8 heteroatoms. The van der Waals surface area contributed by atoms with Gasteiger partial charge in [-0.3, -0.25) is 0 Å². The third-order valence-electron chi connectivity index (χ3n) is 2.70. The van der Waals surface area contributed by atoms with Crippen molar-refractivity contribution < 1.29 is 17.9 Å². The number of hydrogen-bond donors (Lipinski definition) is 1. The van der Waals surface area contributed by atoms with Crippen molar-refractivity contribution >= 4 is 39.2 Å². The Morgan fingerprint density at radius 1 is 1.37 bits per heavy atom. The van der Waals surface area contributed by atoms with E-state index in [9.17, 15) is 13.2 Å². The zero-order chi connectivity index (χ0) is 14.2. The molecule has 0 atom stereocenters. The maximum atomic E-state index is 11.8. The highest BCUT2D eigenvalue weighted by atomic mass is 35.5. The van der Waals surface area contributed by atoms with Crippen LogP contribution in [0.2, 0.25) is 10.0 Å². The Morgan fingerprint density at radius 2 is 2.00 bits per heavy atom. The topological polar surface area (TPSA) is 86.5 Å². The summed E-state index contributed by atoms with van der Waals surface area (Å²) in [5, 5.41) is 4.89. The lowest BCUT2D eigenvalue weighted by Crippen LogP contribution is -2.14. The lowest BCUT2D eigenvalue weighted by atomic mass is 10.2. The summed E-state index contributed by atoms with van der Waals surface area (Å²) in [6.45, 7) is 0.298. The SMILES string of the molecule is NS(=O)(=O)c1cc(Cl)c(Cl)c(C(=O)OCC2CC2)c1. The van der Waals surface area contributed by atoms with Crippen molar-refractivity contribution in [2.75, 3.05) is 6.61 Å². The summed E-state index contributed by atoms with van der Waals surface area (Å²) in [5.41, 5.74) is -0.0983. The van der Waals surface area contributed by atoms with E-state index in [4.69, 9.17) is 33.1 Å². The number of primary sulfonamides is 1. The summed E-state index contributed by atoms with van der Waals surface area (Å²) >= 11 is 11.7. The Balaban J connectivity index is 2.31. The number of rotatable bonds is 4. The fourth-order valence-corrected chi connectivity index (χ4v) is 2.47. The van der Waals surface area contributed by atoms with Gasteiger partial charge in [-0.2, -0.15) is 0 Å². The molecule has 0 aromatic heterocycles. The number of sulfonamides is 1. The van der Waals surface area contributed by atoms with E-state index in [1.165, 1.54) is 0 Å². The third-order valence-corrected chi connectivity index (χ3v) is 4.39. The van der Waals surface area contributed by atoms with E-state index < -0.39 is 16.0 Å². The van der Waals surface area contributed by atoms with Crippen molar-refractivity contribution in [1.82, 2.24) is 0 Å². The van der Waals surface area contributed by atoms with Crippen molar-refractivity contribution in [3.8, 4) is 0 Å². The lowest BCUT2D eigenvalue weighted by molar-refractivity contribution is 0.0486. The molecule has 1 aliphatic carbocycles. The van der Waals surface area contributed by atoms with Crippen LogP contribution in [-0.2, 0) is 14.8 Å². The van der Waals surface area contributed by atoms with Crippen molar-refractivity contribution in [2.24, 2.45) is 11.1 Å². The molecule has 0 spiro atoms. The Hall–Kier alpha value is -0.820. The maximum absolute atomic E-state index is 11.8. The largest absolute Gasteiger partial charge is 0.462 e. The van der Waals surface area contributed by atoms with Gasteiger partial charge in [0.15, 0.2) is 0 Å². The predicted molar refractivity (Wildman–Crippen MR) is 70.8 cm³/mol. The quantitative estimate of drug-likeness (QED) is 0.860. The molecule has 5 nitrogen and oxygen atoms in total. The second-order valence-electron chi connectivity index (χ2n) is 4.35. The van der Waals surface area contributed by atoms with Crippen molar-refractivity contribution in [1.29, 1.82) is 0 Å². The summed E-state index contributed by atoms with van der Waals surface area (Å²) in [7, 11) is -3.97. The molecule has 1 aromatic rings. The van der Waals surface area contributed by atoms with Gasteiger partial charge < -0.3 is 4.74 Å². The third kappa shape index (κ3) is 3.60. The summed E-state index contributed by atoms with van der Waals surface area (Å²) in [4.78, 5) is 11.6. The van der Waals surface area contributed by atoms with Gasteiger partial charge in [0.2, 0.25) is 10.0 Å². The van der Waals surface area contributed by atoms with Crippen LogP contribution in [0.5, 0.6) is 0 Å². The smallest absolute Gasteiger partial charge is 0.339 e. The standard InChI is InChI=1S/C11H11Cl2NO4S/c12-9-4-7(19(14,16)17)3-8(10(9)13)11(15)18-5-6-1-2-6/h3-4,6H,1-2,5H2,(H2,14,16,17). The summed E-state index contributed by atoms with van der Waals surface area (Å²) in [6, 6.07) is 2.16. The molecule has 0 aliphatic heterocycles. The summed E-state index contributed by atoms with van der Waals surface area (Å²) in [5.74, 6) is -0.316. The Morgan fingerprint density at radius 3 is 2.53 bits per heavy atom. The van der Waals surface area contributed by atoms with Crippen LogP contribution in [0.3, 0.4) is 0 Å². The average molecular weight is 324 g/mol. The van der Waals surface area contributed by atoms with Crippen LogP contribution in [0.1, 0.15) is 23.2 Å². The van der Waals surface area contributed by atoms with E-state index in [0.29, 0.717) is 12.5 Å². The zero-order valence-corrected chi connectivity index (χ0v) is 12.1. The van der Waals surface area contributed by atoms with Gasteiger partial charge in [-0.1, -0.05) is 23.2 Å². The minimum absolute atomic E-state index is 0.0464. The summed E-state index contributed by atoms with van der Waals surface area (Å²) < 4.78 is 27.6. The average Bonchev–Trinajstić information content (AvgIpc) is 3.11. The number of carbonyl (C=O) groups excluding carboxylic acids is 1. The molecule has 0 heterocycles. The second kappa shape index (κ2) is 5.28. The summed E-state index contributed by atoms with van der Waals surface area (Å²) in [6.07, 6.45) is 2.05. The number of esters is 1. The van der Waals surface area contributed by atoms with Gasteiger partial charge in [0.1, 0.15) is 0 Å². The van der Waals surface area contributed by atoms with Crippen LogP contribution >= 0.6 is 23.2 Å². The maximum Gasteiger partial charge on any atom is 0.339 e. The molecule has 1 saturated carbocycles. The molecule has 0 radical (unpaired) electrons. The molecule has 1 aromatic carbocycles. The normalized spacial score (nSPS) is 15.3. The van der Waals surface area contributed by atoms with Gasteiger partial charge in [-0.25, -0.2) is 18.4 Å². The first kappa shape index (κ1) is 14.6. The van der Waals surface area contributed by atoms with E-state index in [-0.39, 0.29) is 20.5 Å². The molecule has 0 saturated heterocycles.